The largest absolute Gasteiger partial charge is 0.489 e. The van der Waals surface area contributed by atoms with Gasteiger partial charge in [-0.1, -0.05) is 17.7 Å². The second-order valence-corrected chi connectivity index (χ2v) is 7.46. The highest BCUT2D eigenvalue weighted by Crippen LogP contribution is 2.28. The zero-order chi connectivity index (χ0) is 22.0. The lowest BCUT2D eigenvalue weighted by Crippen LogP contribution is -2.54. The molecule has 0 saturated carbocycles. The fraction of sp³-hybridized carbons (Fsp3) is 0.143. The van der Waals surface area contributed by atoms with Gasteiger partial charge in [0.25, 0.3) is 11.8 Å². The quantitative estimate of drug-likeness (QED) is 0.415. The lowest BCUT2D eigenvalue weighted by Gasteiger charge is -2.29. The van der Waals surface area contributed by atoms with Gasteiger partial charge in [0.2, 0.25) is 0 Å². The van der Waals surface area contributed by atoms with Crippen LogP contribution in [-0.2, 0) is 9.59 Å². The molecule has 2 amide bonds. The number of anilines is 1. The number of carboxylic acids is 1. The van der Waals surface area contributed by atoms with Gasteiger partial charge in [-0.15, -0.1) is 0 Å². The van der Waals surface area contributed by atoms with Gasteiger partial charge in [-0.25, -0.2) is 4.79 Å². The zero-order valence-corrected chi connectivity index (χ0v) is 17.6. The summed E-state index contributed by atoms with van der Waals surface area (Å²) in [5, 5.41) is 11.8. The average molecular weight is 445 g/mol. The molecule has 154 valence electrons. The highest BCUT2D eigenvalue weighted by Gasteiger charge is 2.34. The van der Waals surface area contributed by atoms with Crippen LogP contribution < -0.4 is 15.0 Å². The summed E-state index contributed by atoms with van der Waals surface area (Å²) in [6.45, 7) is 3.75. The minimum absolute atomic E-state index is 0.0560. The molecule has 0 bridgehead atoms. The number of carbonyl (C=O) groups excluding carboxylic acids is 2. The van der Waals surface area contributed by atoms with Crippen molar-refractivity contribution < 1.29 is 24.2 Å². The van der Waals surface area contributed by atoms with Crippen LogP contribution in [0.4, 0.5) is 5.69 Å². The van der Waals surface area contributed by atoms with Crippen molar-refractivity contribution in [1.29, 1.82) is 0 Å². The van der Waals surface area contributed by atoms with Crippen molar-refractivity contribution >= 4 is 58.5 Å². The van der Waals surface area contributed by atoms with Gasteiger partial charge < -0.3 is 9.84 Å². The van der Waals surface area contributed by atoms with E-state index in [1.165, 1.54) is 30.3 Å². The summed E-state index contributed by atoms with van der Waals surface area (Å²) in [4.78, 5) is 37.6. The molecule has 2 N–H and O–H groups in total. The number of benzene rings is 2. The van der Waals surface area contributed by atoms with Crippen LogP contribution in [0, 0.1) is 0 Å². The van der Waals surface area contributed by atoms with E-state index < -0.39 is 17.8 Å². The van der Waals surface area contributed by atoms with E-state index >= 15 is 0 Å². The molecule has 9 heteroatoms. The van der Waals surface area contributed by atoms with Gasteiger partial charge in [-0.05, 0) is 74.1 Å². The Hall–Kier alpha value is -3.23. The molecular weight excluding hydrogens is 428 g/mol. The Labute approximate surface area is 182 Å². The summed E-state index contributed by atoms with van der Waals surface area (Å²) in [6, 6.07) is 10.5. The van der Waals surface area contributed by atoms with Crippen molar-refractivity contribution in [3.8, 4) is 5.75 Å². The third kappa shape index (κ3) is 4.50. The maximum Gasteiger partial charge on any atom is 0.335 e. The molecule has 0 aromatic heterocycles. The van der Waals surface area contributed by atoms with Gasteiger partial charge >= 0.3 is 5.97 Å². The monoisotopic (exact) mass is 444 g/mol. The molecule has 1 aliphatic rings. The van der Waals surface area contributed by atoms with Crippen molar-refractivity contribution in [3.05, 3.63) is 64.2 Å². The van der Waals surface area contributed by atoms with Crippen LogP contribution in [0.2, 0.25) is 5.02 Å². The van der Waals surface area contributed by atoms with Gasteiger partial charge in [-0.3, -0.25) is 19.8 Å². The van der Waals surface area contributed by atoms with Crippen molar-refractivity contribution in [2.24, 2.45) is 0 Å². The van der Waals surface area contributed by atoms with E-state index in [9.17, 15) is 14.4 Å². The molecule has 1 fully saturated rings. The van der Waals surface area contributed by atoms with Crippen LogP contribution in [0.5, 0.6) is 5.75 Å². The minimum Gasteiger partial charge on any atom is -0.489 e. The van der Waals surface area contributed by atoms with E-state index in [2.05, 4.69) is 5.32 Å². The fourth-order valence-corrected chi connectivity index (χ4v) is 3.28. The number of carboxylic acid groups (broad SMARTS) is 1. The maximum absolute atomic E-state index is 13.0. The number of aromatic carboxylic acids is 1. The summed E-state index contributed by atoms with van der Waals surface area (Å²) in [5.41, 5.74) is 0.787. The molecule has 0 unspecified atom stereocenters. The fourth-order valence-electron chi connectivity index (χ4n) is 2.77. The SMILES string of the molecule is CC(C)Oc1ccc(/C=C2\C(=O)NC(=S)N(c3ccc(C(=O)O)cc3)C2=O)cc1Cl. The van der Waals surface area contributed by atoms with Gasteiger partial charge in [0.15, 0.2) is 5.11 Å². The Morgan fingerprint density at radius 2 is 1.87 bits per heavy atom. The number of carbonyl (C=O) groups is 3. The van der Waals surface area contributed by atoms with E-state index in [4.69, 9.17) is 33.7 Å². The molecule has 1 aliphatic heterocycles. The summed E-state index contributed by atoms with van der Waals surface area (Å²) in [7, 11) is 0. The standard InChI is InChI=1S/C21H17ClN2O5S/c1-11(2)29-17-8-3-12(10-16(17)22)9-15-18(25)23-21(30)24(19(15)26)14-6-4-13(5-7-14)20(27)28/h3-11H,1-2H3,(H,27,28)(H,23,25,30)/b15-9+. The first kappa shape index (κ1) is 21.5. The van der Waals surface area contributed by atoms with E-state index in [-0.39, 0.29) is 22.4 Å². The second-order valence-electron chi connectivity index (χ2n) is 6.67. The van der Waals surface area contributed by atoms with Gasteiger partial charge in [0, 0.05) is 0 Å². The molecule has 2 aromatic carbocycles. The molecule has 1 heterocycles. The predicted molar refractivity (Wildman–Crippen MR) is 117 cm³/mol. The molecule has 2 aromatic rings. The molecule has 7 nitrogen and oxygen atoms in total. The van der Waals surface area contributed by atoms with Gasteiger partial charge in [0.1, 0.15) is 11.3 Å². The number of thiocarbonyl (C=S) groups is 1. The minimum atomic E-state index is -1.09. The van der Waals surface area contributed by atoms with Gasteiger partial charge in [0.05, 0.1) is 22.4 Å². The van der Waals surface area contributed by atoms with Crippen LogP contribution in [0.3, 0.4) is 0 Å². The Balaban J connectivity index is 1.94. The third-order valence-electron chi connectivity index (χ3n) is 4.10. The summed E-state index contributed by atoms with van der Waals surface area (Å²) in [6.07, 6.45) is 1.35. The van der Waals surface area contributed by atoms with Crippen LogP contribution >= 0.6 is 23.8 Å². The highest BCUT2D eigenvalue weighted by molar-refractivity contribution is 7.80. The van der Waals surface area contributed by atoms with Crippen LogP contribution in [0.15, 0.2) is 48.0 Å². The molecule has 3 rings (SSSR count). The number of halogens is 1. The Morgan fingerprint density at radius 3 is 2.43 bits per heavy atom. The molecule has 0 atom stereocenters. The van der Waals surface area contributed by atoms with E-state index in [1.807, 2.05) is 13.8 Å². The number of hydrogen-bond acceptors (Lipinski definition) is 5. The van der Waals surface area contributed by atoms with Crippen molar-refractivity contribution in [2.45, 2.75) is 20.0 Å². The molecule has 1 saturated heterocycles. The Morgan fingerprint density at radius 1 is 1.20 bits per heavy atom. The van der Waals surface area contributed by atoms with Gasteiger partial charge in [-0.2, -0.15) is 0 Å². The second kappa shape index (κ2) is 8.64. The van der Waals surface area contributed by atoms with Crippen molar-refractivity contribution in [2.75, 3.05) is 4.90 Å². The van der Waals surface area contributed by atoms with E-state index in [0.29, 0.717) is 22.0 Å². The summed E-state index contributed by atoms with van der Waals surface area (Å²) >= 11 is 11.4. The number of nitrogens with zero attached hydrogens (tertiary/aromatic N) is 1. The topological polar surface area (TPSA) is 95.9 Å². The predicted octanol–water partition coefficient (Wildman–Crippen LogP) is 3.66. The van der Waals surface area contributed by atoms with Crippen LogP contribution in [0.25, 0.3) is 6.08 Å². The zero-order valence-electron chi connectivity index (χ0n) is 16.0. The Kier molecular flexibility index (Phi) is 6.19. The molecule has 0 radical (unpaired) electrons. The molecular formula is C21H17ClN2O5S. The lowest BCUT2D eigenvalue weighted by atomic mass is 10.1. The lowest BCUT2D eigenvalue weighted by molar-refractivity contribution is -0.122. The number of nitrogens with one attached hydrogen (secondary N) is 1. The normalized spacial score (nSPS) is 15.5. The Bertz CT molecular complexity index is 1080. The highest BCUT2D eigenvalue weighted by atomic mass is 35.5. The third-order valence-corrected chi connectivity index (χ3v) is 4.68. The number of rotatable bonds is 5. The first-order chi connectivity index (χ1) is 14.2. The molecule has 0 spiro atoms. The summed E-state index contributed by atoms with van der Waals surface area (Å²) < 4.78 is 5.58. The van der Waals surface area contributed by atoms with Crippen molar-refractivity contribution in [3.63, 3.8) is 0 Å². The first-order valence-corrected chi connectivity index (χ1v) is 9.67. The number of ether oxygens (including phenoxy) is 1. The number of hydrogen-bond donors (Lipinski definition) is 2. The summed E-state index contributed by atoms with van der Waals surface area (Å²) in [5.74, 6) is -1.87. The smallest absolute Gasteiger partial charge is 0.335 e. The van der Waals surface area contributed by atoms with E-state index in [1.54, 1.807) is 18.2 Å². The maximum atomic E-state index is 13.0. The van der Waals surface area contributed by atoms with E-state index in [0.717, 1.165) is 4.90 Å². The van der Waals surface area contributed by atoms with Crippen molar-refractivity contribution in [1.82, 2.24) is 5.32 Å². The van der Waals surface area contributed by atoms with Crippen LogP contribution in [-0.4, -0.2) is 34.1 Å². The van der Waals surface area contributed by atoms with Crippen LogP contribution in [0.1, 0.15) is 29.8 Å². The molecule has 0 aliphatic carbocycles. The first-order valence-electron chi connectivity index (χ1n) is 8.88. The number of amides is 2. The molecule has 30 heavy (non-hydrogen) atoms. The average Bonchev–Trinajstić information content (AvgIpc) is 2.67.